The third-order valence-electron chi connectivity index (χ3n) is 6.52. The van der Waals surface area contributed by atoms with Crippen LogP contribution in [-0.4, -0.2) is 72.2 Å². The van der Waals surface area contributed by atoms with Crippen molar-refractivity contribution in [1.29, 1.82) is 0 Å². The first-order valence-electron chi connectivity index (χ1n) is 10.1. The van der Waals surface area contributed by atoms with Crippen LogP contribution in [0.3, 0.4) is 0 Å². The molecule has 1 aliphatic carbocycles. The van der Waals surface area contributed by atoms with E-state index in [9.17, 15) is 36.6 Å². The lowest BCUT2D eigenvalue weighted by Gasteiger charge is -2.45. The largest absolute Gasteiger partial charge is 0.481 e. The highest BCUT2D eigenvalue weighted by molar-refractivity contribution is 7.89. The molecule has 0 spiro atoms. The van der Waals surface area contributed by atoms with Crippen molar-refractivity contribution in [3.05, 3.63) is 29.8 Å². The Morgan fingerprint density at radius 3 is 2.19 bits per heavy atom. The second-order valence-corrected chi connectivity index (χ2v) is 10.6. The summed E-state index contributed by atoms with van der Waals surface area (Å²) in [5, 5.41) is 19.3. The Kier molecular flexibility index (Phi) is 6.20. The Hall–Kier alpha value is -1.69. The van der Waals surface area contributed by atoms with Crippen LogP contribution in [0.4, 0.5) is 13.2 Å². The Bertz CT molecular complexity index is 927. The number of carbonyl (C=O) groups is 1. The van der Waals surface area contributed by atoms with Crippen LogP contribution in [-0.2, 0) is 20.4 Å². The van der Waals surface area contributed by atoms with Crippen LogP contribution in [0.5, 0.6) is 0 Å². The normalized spacial score (nSPS) is 24.9. The number of sulfonamides is 1. The van der Waals surface area contributed by atoms with Gasteiger partial charge in [-0.15, -0.1) is 0 Å². The summed E-state index contributed by atoms with van der Waals surface area (Å²) in [5.41, 5.74) is -4.29. The number of nitrogens with zero attached hydrogens (tertiary/aromatic N) is 2. The molecule has 174 valence electrons. The molecule has 2 unspecified atom stereocenters. The molecular weight excluding hydrogens is 437 g/mol. The summed E-state index contributed by atoms with van der Waals surface area (Å²) in [4.78, 5) is 13.4. The molecule has 0 bridgehead atoms. The van der Waals surface area contributed by atoms with Crippen molar-refractivity contribution < 1.29 is 36.6 Å². The van der Waals surface area contributed by atoms with Crippen LogP contribution in [0.25, 0.3) is 0 Å². The van der Waals surface area contributed by atoms with E-state index in [1.165, 1.54) is 4.31 Å². The van der Waals surface area contributed by atoms with Gasteiger partial charge in [-0.25, -0.2) is 8.42 Å². The molecule has 0 radical (unpaired) electrons. The van der Waals surface area contributed by atoms with Gasteiger partial charge in [0.15, 0.2) is 5.60 Å². The molecule has 0 aromatic heterocycles. The van der Waals surface area contributed by atoms with E-state index in [4.69, 9.17) is 0 Å². The summed E-state index contributed by atoms with van der Waals surface area (Å²) in [7, 11) is -3.96. The first-order chi connectivity index (χ1) is 14.2. The van der Waals surface area contributed by atoms with E-state index in [0.717, 1.165) is 30.7 Å². The first-order valence-corrected chi connectivity index (χ1v) is 11.5. The van der Waals surface area contributed by atoms with E-state index >= 15 is 0 Å². The molecule has 3 rings (SSSR count). The highest BCUT2D eigenvalue weighted by Crippen LogP contribution is 2.42. The summed E-state index contributed by atoms with van der Waals surface area (Å²) in [6.07, 6.45) is -2.80. The van der Waals surface area contributed by atoms with Gasteiger partial charge in [-0.3, -0.25) is 9.69 Å². The Balaban J connectivity index is 1.72. The zero-order valence-electron chi connectivity index (χ0n) is 17.4. The number of carboxylic acids is 1. The topological polar surface area (TPSA) is 98.2 Å². The van der Waals surface area contributed by atoms with Crippen molar-refractivity contribution in [2.24, 2.45) is 5.41 Å². The lowest BCUT2D eigenvalue weighted by Crippen LogP contribution is -2.57. The van der Waals surface area contributed by atoms with Gasteiger partial charge >= 0.3 is 12.1 Å². The molecule has 0 amide bonds. The Morgan fingerprint density at radius 2 is 1.77 bits per heavy atom. The Labute approximate surface area is 179 Å². The van der Waals surface area contributed by atoms with Crippen molar-refractivity contribution in [2.45, 2.75) is 55.8 Å². The number of aliphatic carboxylic acids is 1. The molecule has 2 aliphatic rings. The summed E-state index contributed by atoms with van der Waals surface area (Å²) >= 11 is 0. The molecule has 2 fully saturated rings. The fourth-order valence-electron chi connectivity index (χ4n) is 4.24. The molecule has 11 heteroatoms. The van der Waals surface area contributed by atoms with Crippen molar-refractivity contribution in [3.8, 4) is 0 Å². The van der Waals surface area contributed by atoms with Crippen LogP contribution in [0.15, 0.2) is 29.2 Å². The molecule has 2 atom stereocenters. The molecule has 1 saturated carbocycles. The van der Waals surface area contributed by atoms with E-state index in [1.807, 2.05) is 4.90 Å². The predicted molar refractivity (Wildman–Crippen MR) is 106 cm³/mol. The van der Waals surface area contributed by atoms with Crippen molar-refractivity contribution >= 4 is 16.0 Å². The zero-order valence-corrected chi connectivity index (χ0v) is 18.2. The highest BCUT2D eigenvalue weighted by Gasteiger charge is 2.51. The second kappa shape index (κ2) is 8.02. The van der Waals surface area contributed by atoms with Gasteiger partial charge in [-0.1, -0.05) is 18.6 Å². The molecule has 2 N–H and O–H groups in total. The third-order valence-corrected chi connectivity index (χ3v) is 8.54. The quantitative estimate of drug-likeness (QED) is 0.671. The number of halogens is 3. The predicted octanol–water partition coefficient (Wildman–Crippen LogP) is 2.41. The van der Waals surface area contributed by atoms with Gasteiger partial charge in [0.1, 0.15) is 0 Å². The van der Waals surface area contributed by atoms with E-state index in [0.29, 0.717) is 39.4 Å². The molecule has 1 aliphatic heterocycles. The van der Waals surface area contributed by atoms with Crippen molar-refractivity contribution in [3.63, 3.8) is 0 Å². The van der Waals surface area contributed by atoms with Crippen LogP contribution in [0, 0.1) is 5.41 Å². The van der Waals surface area contributed by atoms with Crippen LogP contribution >= 0.6 is 0 Å². The van der Waals surface area contributed by atoms with Crippen LogP contribution < -0.4 is 0 Å². The number of alkyl halides is 3. The summed E-state index contributed by atoms with van der Waals surface area (Å²) in [5.74, 6) is -0.823. The van der Waals surface area contributed by atoms with Crippen molar-refractivity contribution in [1.82, 2.24) is 9.21 Å². The fraction of sp³-hybridized carbons (Fsp3) is 0.650. The SMILES string of the molecule is CC1CN(CC2(C(=O)O)CCC2)CCN1S(=O)(=O)c1ccc(C(C)(O)C(F)(F)F)cc1. The van der Waals surface area contributed by atoms with Gasteiger partial charge in [0.2, 0.25) is 10.0 Å². The molecule has 7 nitrogen and oxygen atoms in total. The monoisotopic (exact) mass is 464 g/mol. The Morgan fingerprint density at radius 1 is 1.19 bits per heavy atom. The van der Waals surface area contributed by atoms with Crippen LogP contribution in [0.1, 0.15) is 38.7 Å². The zero-order chi connectivity index (χ0) is 23.2. The van der Waals surface area contributed by atoms with Crippen molar-refractivity contribution in [2.75, 3.05) is 26.2 Å². The molecule has 1 aromatic rings. The number of aliphatic hydroxyl groups is 1. The van der Waals surface area contributed by atoms with E-state index < -0.39 is 44.8 Å². The summed E-state index contributed by atoms with van der Waals surface area (Å²) in [6.45, 7) is 3.61. The van der Waals surface area contributed by atoms with E-state index in [1.54, 1.807) is 6.92 Å². The summed E-state index contributed by atoms with van der Waals surface area (Å²) in [6, 6.07) is 3.64. The molecule has 1 aromatic carbocycles. The first kappa shape index (κ1) is 24.0. The highest BCUT2D eigenvalue weighted by atomic mass is 32.2. The number of rotatable bonds is 6. The minimum absolute atomic E-state index is 0.154. The van der Waals surface area contributed by atoms with Gasteiger partial charge in [0.05, 0.1) is 10.3 Å². The maximum absolute atomic E-state index is 13.1. The van der Waals surface area contributed by atoms with Crippen LogP contribution in [0.2, 0.25) is 0 Å². The maximum atomic E-state index is 13.1. The number of hydrogen-bond donors (Lipinski definition) is 2. The lowest BCUT2D eigenvalue weighted by molar-refractivity contribution is -0.258. The third kappa shape index (κ3) is 4.33. The number of benzene rings is 1. The second-order valence-electron chi connectivity index (χ2n) is 8.73. The maximum Gasteiger partial charge on any atom is 0.421 e. The number of piperazine rings is 1. The molecule has 1 heterocycles. The number of hydrogen-bond acceptors (Lipinski definition) is 5. The summed E-state index contributed by atoms with van der Waals surface area (Å²) < 4.78 is 66.4. The molecule has 31 heavy (non-hydrogen) atoms. The fourth-order valence-corrected chi connectivity index (χ4v) is 5.85. The van der Waals surface area contributed by atoms with E-state index in [2.05, 4.69) is 0 Å². The molecule has 1 saturated heterocycles. The standard InChI is InChI=1S/C20H27F3N2O5S/c1-14-12-24(13-19(17(26)27)8-3-9-19)10-11-25(14)31(29,30)16-6-4-15(5-7-16)18(2,28)20(21,22)23/h4-7,14,28H,3,8-13H2,1-2H3,(H,26,27). The minimum atomic E-state index is -4.90. The average molecular weight is 465 g/mol. The van der Waals surface area contributed by atoms with Gasteiger partial charge in [0.25, 0.3) is 0 Å². The lowest BCUT2D eigenvalue weighted by atomic mass is 9.68. The van der Waals surface area contributed by atoms with Gasteiger partial charge in [-0.05, 0) is 44.4 Å². The minimum Gasteiger partial charge on any atom is -0.481 e. The van der Waals surface area contributed by atoms with Gasteiger partial charge in [-0.2, -0.15) is 17.5 Å². The van der Waals surface area contributed by atoms with Gasteiger partial charge in [0, 0.05) is 32.2 Å². The van der Waals surface area contributed by atoms with Gasteiger partial charge < -0.3 is 10.2 Å². The average Bonchev–Trinajstić information content (AvgIpc) is 2.63. The number of carboxylic acid groups (broad SMARTS) is 1. The smallest absolute Gasteiger partial charge is 0.421 e. The molecular formula is C20H27F3N2O5S. The van der Waals surface area contributed by atoms with E-state index in [-0.39, 0.29) is 11.4 Å².